The quantitative estimate of drug-likeness (QED) is 0.705. The first-order valence-corrected chi connectivity index (χ1v) is 8.71. The first-order valence-electron chi connectivity index (χ1n) is 7.96. The first-order chi connectivity index (χ1) is 12.0. The van der Waals surface area contributed by atoms with Gasteiger partial charge in [-0.2, -0.15) is 15.8 Å². The van der Waals surface area contributed by atoms with Crippen molar-refractivity contribution in [1.82, 2.24) is 0 Å². The molecule has 0 radical (unpaired) electrons. The molecule has 6 heteroatoms. The lowest BCUT2D eigenvalue weighted by molar-refractivity contribution is 0.320. The molecular formula is C19H14Cl2N4. The first kappa shape index (κ1) is 17.5. The molecule has 3 atom stereocenters. The van der Waals surface area contributed by atoms with Crippen molar-refractivity contribution in [2.45, 2.75) is 25.2 Å². The lowest BCUT2D eigenvalue weighted by Gasteiger charge is -2.45. The van der Waals surface area contributed by atoms with Gasteiger partial charge in [0.15, 0.2) is 5.41 Å². The molecule has 0 aliphatic heterocycles. The van der Waals surface area contributed by atoms with Crippen LogP contribution in [0.5, 0.6) is 0 Å². The summed E-state index contributed by atoms with van der Waals surface area (Å²) in [5.41, 5.74) is -0.260. The number of hydrogen-bond acceptors (Lipinski definition) is 4. The second-order valence-corrected chi connectivity index (χ2v) is 7.21. The van der Waals surface area contributed by atoms with E-state index in [-0.39, 0.29) is 11.6 Å². The van der Waals surface area contributed by atoms with Crippen LogP contribution >= 0.6 is 23.2 Å². The number of nitriles is 3. The summed E-state index contributed by atoms with van der Waals surface area (Å²) in [7, 11) is 0. The molecular weight excluding hydrogens is 355 g/mol. The van der Waals surface area contributed by atoms with Gasteiger partial charge in [0.05, 0.1) is 34.0 Å². The Morgan fingerprint density at radius 1 is 1.12 bits per heavy atom. The molecule has 1 fully saturated rings. The zero-order valence-corrected chi connectivity index (χ0v) is 14.8. The summed E-state index contributed by atoms with van der Waals surface area (Å²) in [4.78, 5) is 0. The largest absolute Gasteiger partial charge is 0.305 e. The number of nitrogens with one attached hydrogen (secondary N) is 1. The fraction of sp³-hybridized carbons (Fsp3) is 0.368. The van der Waals surface area contributed by atoms with Crippen LogP contribution in [0, 0.1) is 56.7 Å². The Hall–Kier alpha value is -2.32. The van der Waals surface area contributed by atoms with Crippen LogP contribution in [-0.2, 0) is 0 Å². The van der Waals surface area contributed by atoms with Gasteiger partial charge in [-0.15, -0.1) is 0 Å². The fourth-order valence-electron chi connectivity index (χ4n) is 4.09. The zero-order valence-electron chi connectivity index (χ0n) is 13.3. The molecule has 0 aromatic heterocycles. The van der Waals surface area contributed by atoms with Crippen LogP contribution in [0.2, 0.25) is 10.0 Å². The Morgan fingerprint density at radius 3 is 2.44 bits per heavy atom. The Bertz CT molecular complexity index is 883. The smallest absolute Gasteiger partial charge is 0.189 e. The predicted molar refractivity (Wildman–Crippen MR) is 95.1 cm³/mol. The molecule has 0 saturated heterocycles. The van der Waals surface area contributed by atoms with E-state index in [1.165, 1.54) is 0 Å². The lowest BCUT2D eigenvalue weighted by atomic mass is 9.53. The molecule has 124 valence electrons. The highest BCUT2D eigenvalue weighted by Gasteiger charge is 2.57. The highest BCUT2D eigenvalue weighted by Crippen LogP contribution is 2.55. The average Bonchev–Trinajstić information content (AvgIpc) is 2.63. The van der Waals surface area contributed by atoms with Gasteiger partial charge in [0.1, 0.15) is 5.92 Å². The molecule has 0 amide bonds. The molecule has 1 saturated carbocycles. The van der Waals surface area contributed by atoms with Crippen LogP contribution in [0.15, 0.2) is 29.8 Å². The van der Waals surface area contributed by atoms with Gasteiger partial charge in [-0.3, -0.25) is 0 Å². The number of rotatable bonds is 1. The second kappa shape index (κ2) is 6.53. The maximum absolute atomic E-state index is 9.87. The van der Waals surface area contributed by atoms with Gasteiger partial charge in [0.25, 0.3) is 0 Å². The van der Waals surface area contributed by atoms with E-state index in [2.05, 4.69) is 18.2 Å². The number of fused-ring (bicyclic) bond motifs is 1. The summed E-state index contributed by atoms with van der Waals surface area (Å²) >= 11 is 12.2. The van der Waals surface area contributed by atoms with Gasteiger partial charge in [-0.25, -0.2) is 0 Å². The van der Waals surface area contributed by atoms with Gasteiger partial charge in [-0.05, 0) is 48.4 Å². The monoisotopic (exact) mass is 368 g/mol. The van der Waals surface area contributed by atoms with E-state index in [0.29, 0.717) is 15.6 Å². The van der Waals surface area contributed by atoms with Crippen LogP contribution in [0.1, 0.15) is 30.7 Å². The molecule has 25 heavy (non-hydrogen) atoms. The molecule has 0 heterocycles. The number of hydrogen-bond donors (Lipinski definition) is 1. The predicted octanol–water partition coefficient (Wildman–Crippen LogP) is 5.01. The van der Waals surface area contributed by atoms with Gasteiger partial charge in [-0.1, -0.05) is 35.3 Å². The van der Waals surface area contributed by atoms with Gasteiger partial charge in [0.2, 0.25) is 0 Å². The molecule has 1 N–H and O–H groups in total. The van der Waals surface area contributed by atoms with Crippen LogP contribution in [0.4, 0.5) is 0 Å². The van der Waals surface area contributed by atoms with Crippen molar-refractivity contribution in [2.24, 2.45) is 17.3 Å². The Morgan fingerprint density at radius 2 is 1.84 bits per heavy atom. The van der Waals surface area contributed by atoms with Crippen LogP contribution in [-0.4, -0.2) is 5.71 Å². The third kappa shape index (κ3) is 2.52. The zero-order chi connectivity index (χ0) is 18.2. The van der Waals surface area contributed by atoms with E-state index in [0.717, 1.165) is 24.8 Å². The Labute approximate surface area is 156 Å². The third-order valence-electron chi connectivity index (χ3n) is 5.23. The molecule has 4 nitrogen and oxygen atoms in total. The van der Waals surface area contributed by atoms with Crippen LogP contribution in [0.3, 0.4) is 0 Å². The van der Waals surface area contributed by atoms with Crippen molar-refractivity contribution in [1.29, 1.82) is 21.2 Å². The summed E-state index contributed by atoms with van der Waals surface area (Å²) in [5, 5.41) is 38.5. The number of benzene rings is 1. The molecule has 3 rings (SSSR count). The summed E-state index contributed by atoms with van der Waals surface area (Å²) in [6, 6.07) is 11.3. The minimum absolute atomic E-state index is 0.135. The highest BCUT2D eigenvalue weighted by atomic mass is 35.5. The van der Waals surface area contributed by atoms with Crippen molar-refractivity contribution in [3.63, 3.8) is 0 Å². The van der Waals surface area contributed by atoms with Crippen LogP contribution in [0.25, 0.3) is 0 Å². The highest BCUT2D eigenvalue weighted by molar-refractivity contribution is 6.42. The maximum Gasteiger partial charge on any atom is 0.189 e. The van der Waals surface area contributed by atoms with Crippen molar-refractivity contribution in [2.75, 3.05) is 0 Å². The van der Waals surface area contributed by atoms with Crippen molar-refractivity contribution >= 4 is 28.9 Å². The van der Waals surface area contributed by atoms with Gasteiger partial charge >= 0.3 is 0 Å². The van der Waals surface area contributed by atoms with E-state index in [9.17, 15) is 15.8 Å². The van der Waals surface area contributed by atoms with E-state index in [1.807, 2.05) is 6.08 Å². The summed E-state index contributed by atoms with van der Waals surface area (Å²) in [6.07, 6.45) is 4.54. The minimum atomic E-state index is -1.68. The summed E-state index contributed by atoms with van der Waals surface area (Å²) < 4.78 is 0. The van der Waals surface area contributed by atoms with E-state index >= 15 is 0 Å². The molecule has 2 aliphatic rings. The minimum Gasteiger partial charge on any atom is -0.305 e. The van der Waals surface area contributed by atoms with Crippen molar-refractivity contribution in [3.8, 4) is 18.2 Å². The molecule has 2 aliphatic carbocycles. The van der Waals surface area contributed by atoms with Crippen molar-refractivity contribution < 1.29 is 0 Å². The second-order valence-electron chi connectivity index (χ2n) is 6.40. The van der Waals surface area contributed by atoms with Crippen LogP contribution < -0.4 is 0 Å². The number of nitrogens with zero attached hydrogens (tertiary/aromatic N) is 3. The third-order valence-corrected chi connectivity index (χ3v) is 5.97. The normalized spacial score (nSPS) is 27.2. The fourth-order valence-corrected chi connectivity index (χ4v) is 4.40. The number of halogens is 2. The lowest BCUT2D eigenvalue weighted by Crippen LogP contribution is -2.48. The SMILES string of the molecule is N#C[C@H]1C(=N)C(C#N)(C#N)[C@H](c2ccc(Cl)c(Cl)c2)[C@@H]2CCCC=C12. The Balaban J connectivity index is 2.27. The molecule has 0 bridgehead atoms. The van der Waals surface area contributed by atoms with E-state index in [1.54, 1.807) is 18.2 Å². The van der Waals surface area contributed by atoms with E-state index < -0.39 is 17.3 Å². The molecule has 1 aromatic carbocycles. The van der Waals surface area contributed by atoms with Crippen molar-refractivity contribution in [3.05, 3.63) is 45.5 Å². The summed E-state index contributed by atoms with van der Waals surface area (Å²) in [5.74, 6) is -1.49. The summed E-state index contributed by atoms with van der Waals surface area (Å²) in [6.45, 7) is 0. The average molecular weight is 369 g/mol. The van der Waals surface area contributed by atoms with E-state index in [4.69, 9.17) is 28.6 Å². The van der Waals surface area contributed by atoms with Gasteiger partial charge in [0, 0.05) is 5.92 Å². The molecule has 1 aromatic rings. The topological polar surface area (TPSA) is 95.2 Å². The standard InChI is InChI=1S/C19H14Cl2N4/c20-15-6-5-11(7-16(15)21)17-13-4-2-1-3-12(13)14(8-22)18(25)19(17,9-23)10-24/h3,5-7,13-14,17,25H,1-2,4H2/t13-,14-,17-/m1/s1. The molecule has 0 unspecified atom stereocenters. The maximum atomic E-state index is 9.87. The Kier molecular flexibility index (Phi) is 4.57. The molecule has 0 spiro atoms. The van der Waals surface area contributed by atoms with Gasteiger partial charge < -0.3 is 5.41 Å². The number of allylic oxidation sites excluding steroid dienone is 2.